The molecule has 2 aromatic heterocycles. The normalized spacial score (nSPS) is 13.7. The third kappa shape index (κ3) is 3.88. The zero-order chi connectivity index (χ0) is 20.2. The highest BCUT2D eigenvalue weighted by atomic mass is 16.2. The number of piperazine rings is 1. The summed E-state index contributed by atoms with van der Waals surface area (Å²) in [6, 6.07) is 10.0. The van der Waals surface area contributed by atoms with Crippen LogP contribution in [0.3, 0.4) is 0 Å². The summed E-state index contributed by atoms with van der Waals surface area (Å²) in [6.07, 6.45) is 3.13. The smallest absolute Gasteiger partial charge is 0.321 e. The van der Waals surface area contributed by atoms with Crippen LogP contribution >= 0.6 is 0 Å². The number of rotatable bonds is 3. The van der Waals surface area contributed by atoms with Crippen LogP contribution in [0.15, 0.2) is 53.6 Å². The van der Waals surface area contributed by atoms with E-state index in [0.717, 1.165) is 18.7 Å². The Balaban J connectivity index is 1.50. The maximum atomic E-state index is 12.7. The second-order valence-electron chi connectivity index (χ2n) is 6.56. The minimum absolute atomic E-state index is 0.164. The second-order valence-corrected chi connectivity index (χ2v) is 6.56. The third-order valence-electron chi connectivity index (χ3n) is 4.71. The summed E-state index contributed by atoms with van der Waals surface area (Å²) in [4.78, 5) is 34.4. The van der Waals surface area contributed by atoms with Crippen LogP contribution < -0.4 is 16.2 Å². The van der Waals surface area contributed by atoms with E-state index in [-0.39, 0.29) is 11.6 Å². The molecule has 146 valence electrons. The van der Waals surface area contributed by atoms with Gasteiger partial charge < -0.3 is 15.5 Å². The van der Waals surface area contributed by atoms with Crippen molar-refractivity contribution >= 4 is 17.4 Å². The van der Waals surface area contributed by atoms with Crippen LogP contribution in [0, 0.1) is 6.57 Å². The lowest BCUT2D eigenvalue weighted by Gasteiger charge is -2.27. The number of hydrogen-bond donors (Lipinski definition) is 3. The van der Waals surface area contributed by atoms with Gasteiger partial charge in [-0.25, -0.2) is 19.3 Å². The quantitative estimate of drug-likeness (QED) is 0.598. The van der Waals surface area contributed by atoms with Crippen LogP contribution in [0.1, 0.15) is 0 Å². The molecule has 1 saturated heterocycles. The zero-order valence-corrected chi connectivity index (χ0v) is 15.6. The van der Waals surface area contributed by atoms with Crippen molar-refractivity contribution in [2.24, 2.45) is 0 Å². The van der Waals surface area contributed by atoms with Crippen LogP contribution in [0.5, 0.6) is 0 Å². The Kier molecular flexibility index (Phi) is 5.09. The number of nitrogens with one attached hydrogen (secondary N) is 3. The largest absolute Gasteiger partial charge is 0.322 e. The highest BCUT2D eigenvalue weighted by Gasteiger charge is 2.16. The maximum Gasteiger partial charge on any atom is 0.321 e. The minimum atomic E-state index is -0.245. The SMILES string of the molecule is [C-]#[N+]c1ccc(-c2c[nH]n(-c3ccc(NC(=O)N4CCNCC4)cn3)c2=O)cc1. The molecule has 3 heterocycles. The van der Waals surface area contributed by atoms with Gasteiger partial charge in [-0.05, 0) is 17.7 Å². The topological polar surface area (TPSA) is 99.4 Å². The predicted molar refractivity (Wildman–Crippen MR) is 109 cm³/mol. The number of anilines is 1. The van der Waals surface area contributed by atoms with Crippen LogP contribution in [-0.4, -0.2) is 51.9 Å². The van der Waals surface area contributed by atoms with Gasteiger partial charge in [0.15, 0.2) is 11.5 Å². The first kappa shape index (κ1) is 18.5. The Morgan fingerprint density at radius 2 is 1.90 bits per heavy atom. The average molecular weight is 389 g/mol. The van der Waals surface area contributed by atoms with Crippen molar-refractivity contribution in [3.63, 3.8) is 0 Å². The van der Waals surface area contributed by atoms with Gasteiger partial charge in [-0.15, -0.1) is 0 Å². The number of H-pyrrole nitrogens is 1. The Morgan fingerprint density at radius 1 is 1.14 bits per heavy atom. The molecule has 29 heavy (non-hydrogen) atoms. The lowest BCUT2D eigenvalue weighted by atomic mass is 10.1. The molecule has 4 rings (SSSR count). The molecule has 3 aromatic rings. The number of hydrogen-bond acceptors (Lipinski definition) is 4. The molecule has 1 fully saturated rings. The predicted octanol–water partition coefficient (Wildman–Crippen LogP) is 2.22. The summed E-state index contributed by atoms with van der Waals surface area (Å²) < 4.78 is 1.33. The Hall–Kier alpha value is -3.90. The number of nitrogens with zero attached hydrogens (tertiary/aromatic N) is 4. The van der Waals surface area contributed by atoms with Gasteiger partial charge in [0.1, 0.15) is 0 Å². The summed E-state index contributed by atoms with van der Waals surface area (Å²) in [5.74, 6) is 0.416. The summed E-state index contributed by atoms with van der Waals surface area (Å²) in [5, 5.41) is 8.93. The van der Waals surface area contributed by atoms with E-state index in [1.807, 2.05) is 0 Å². The van der Waals surface area contributed by atoms with E-state index >= 15 is 0 Å². The monoisotopic (exact) mass is 389 g/mol. The van der Waals surface area contributed by atoms with Crippen molar-refractivity contribution in [1.82, 2.24) is 25.0 Å². The Morgan fingerprint density at radius 3 is 2.55 bits per heavy atom. The molecule has 9 heteroatoms. The number of pyridine rings is 1. The molecule has 1 aliphatic heterocycles. The molecular weight excluding hydrogens is 370 g/mol. The number of amides is 2. The molecule has 2 amide bonds. The molecule has 0 aliphatic carbocycles. The van der Waals surface area contributed by atoms with E-state index in [9.17, 15) is 9.59 Å². The lowest BCUT2D eigenvalue weighted by Crippen LogP contribution is -2.48. The van der Waals surface area contributed by atoms with Crippen molar-refractivity contribution in [3.8, 4) is 16.9 Å². The van der Waals surface area contributed by atoms with Crippen molar-refractivity contribution in [1.29, 1.82) is 0 Å². The fraction of sp³-hybridized carbons (Fsp3) is 0.200. The maximum absolute atomic E-state index is 12.7. The standard InChI is InChI=1S/C20H19N7O2/c1-21-15-4-2-14(3-5-15)17-13-24-27(19(17)28)18-7-6-16(12-23-18)25-20(29)26-10-8-22-9-11-26/h2-7,12-13,22,24H,8-11H2,(H,25,29). The highest BCUT2D eigenvalue weighted by molar-refractivity contribution is 5.89. The fourth-order valence-corrected chi connectivity index (χ4v) is 3.13. The Bertz CT molecular complexity index is 1100. The zero-order valence-electron chi connectivity index (χ0n) is 15.6. The van der Waals surface area contributed by atoms with Gasteiger partial charge in [0, 0.05) is 32.4 Å². The molecule has 3 N–H and O–H groups in total. The van der Waals surface area contributed by atoms with Crippen molar-refractivity contribution in [3.05, 3.63) is 70.6 Å². The van der Waals surface area contributed by atoms with E-state index in [1.54, 1.807) is 47.5 Å². The first-order chi connectivity index (χ1) is 14.2. The molecule has 0 atom stereocenters. The van der Waals surface area contributed by atoms with Crippen LogP contribution in [0.25, 0.3) is 21.8 Å². The molecular formula is C20H19N7O2. The summed E-state index contributed by atoms with van der Waals surface area (Å²) in [5.41, 5.74) is 2.04. The minimum Gasteiger partial charge on any atom is -0.322 e. The molecule has 0 saturated carbocycles. The number of urea groups is 1. The molecule has 0 unspecified atom stereocenters. The summed E-state index contributed by atoms with van der Waals surface area (Å²) >= 11 is 0. The molecule has 9 nitrogen and oxygen atoms in total. The van der Waals surface area contributed by atoms with Crippen LogP contribution in [0.2, 0.25) is 0 Å². The molecule has 0 radical (unpaired) electrons. The van der Waals surface area contributed by atoms with E-state index < -0.39 is 0 Å². The van der Waals surface area contributed by atoms with E-state index in [4.69, 9.17) is 6.57 Å². The van der Waals surface area contributed by atoms with E-state index in [2.05, 4.69) is 25.6 Å². The number of benzene rings is 1. The third-order valence-corrected chi connectivity index (χ3v) is 4.71. The van der Waals surface area contributed by atoms with Crippen LogP contribution in [0.4, 0.5) is 16.2 Å². The molecule has 0 spiro atoms. The number of aromatic amines is 1. The van der Waals surface area contributed by atoms with E-state index in [0.29, 0.717) is 35.8 Å². The fourth-order valence-electron chi connectivity index (χ4n) is 3.13. The molecule has 1 aromatic carbocycles. The molecule has 1 aliphatic rings. The van der Waals surface area contributed by atoms with Crippen molar-refractivity contribution in [2.45, 2.75) is 0 Å². The van der Waals surface area contributed by atoms with Gasteiger partial charge in [0.05, 0.1) is 24.0 Å². The van der Waals surface area contributed by atoms with Crippen LogP contribution in [-0.2, 0) is 0 Å². The van der Waals surface area contributed by atoms with Gasteiger partial charge in [0.2, 0.25) is 0 Å². The summed E-state index contributed by atoms with van der Waals surface area (Å²) in [6.45, 7) is 9.89. The molecule has 0 bridgehead atoms. The van der Waals surface area contributed by atoms with Gasteiger partial charge in [0.25, 0.3) is 5.56 Å². The Labute approximate surface area is 166 Å². The van der Waals surface area contributed by atoms with Gasteiger partial charge >= 0.3 is 6.03 Å². The van der Waals surface area contributed by atoms with Gasteiger partial charge in [-0.1, -0.05) is 24.3 Å². The van der Waals surface area contributed by atoms with Crippen molar-refractivity contribution in [2.75, 3.05) is 31.5 Å². The van der Waals surface area contributed by atoms with Gasteiger partial charge in [-0.3, -0.25) is 9.89 Å². The van der Waals surface area contributed by atoms with E-state index in [1.165, 1.54) is 10.9 Å². The number of carbonyl (C=O) groups excluding carboxylic acids is 1. The second kappa shape index (κ2) is 8.00. The van der Waals surface area contributed by atoms with Gasteiger partial charge in [-0.2, -0.15) is 0 Å². The number of carbonyl (C=O) groups is 1. The average Bonchev–Trinajstić information content (AvgIpc) is 3.16. The highest BCUT2D eigenvalue weighted by Crippen LogP contribution is 2.20. The summed E-state index contributed by atoms with van der Waals surface area (Å²) in [7, 11) is 0. The lowest BCUT2D eigenvalue weighted by molar-refractivity contribution is 0.204. The first-order valence-corrected chi connectivity index (χ1v) is 9.17. The number of aromatic nitrogens is 3. The first-order valence-electron chi connectivity index (χ1n) is 9.17. The van der Waals surface area contributed by atoms with Crippen molar-refractivity contribution < 1.29 is 4.79 Å².